The molecule has 1 N–H and O–H groups in total. The number of rotatable bonds is 3. The molecule has 0 amide bonds. The van der Waals surface area contributed by atoms with Gasteiger partial charge in [0.1, 0.15) is 0 Å². The molecule has 1 saturated heterocycles. The van der Waals surface area contributed by atoms with Crippen molar-refractivity contribution in [3.63, 3.8) is 0 Å². The maximum absolute atomic E-state index is 13.1. The molecular formula is C23H25N3O2S2. The van der Waals surface area contributed by atoms with E-state index in [-0.39, 0.29) is 0 Å². The molecule has 5 nitrogen and oxygen atoms in total. The SMILES string of the molecule is Cc1ccc(C)c(NC(=S)N2CCN(S(=O)(=O)c3ccc4ccccc4c3)CC2)c1. The van der Waals surface area contributed by atoms with Gasteiger partial charge in [-0.15, -0.1) is 0 Å². The van der Waals surface area contributed by atoms with Gasteiger partial charge in [-0.25, -0.2) is 8.42 Å². The lowest BCUT2D eigenvalue weighted by Crippen LogP contribution is -2.51. The lowest BCUT2D eigenvalue weighted by atomic mass is 10.1. The molecule has 4 rings (SSSR count). The van der Waals surface area contributed by atoms with Crippen LogP contribution in [-0.4, -0.2) is 48.9 Å². The molecule has 156 valence electrons. The van der Waals surface area contributed by atoms with Crippen LogP contribution in [0.25, 0.3) is 10.8 Å². The third-order valence-corrected chi connectivity index (χ3v) is 7.77. The molecule has 1 aliphatic heterocycles. The van der Waals surface area contributed by atoms with Gasteiger partial charge in [0.2, 0.25) is 10.0 Å². The number of piperazine rings is 1. The van der Waals surface area contributed by atoms with Crippen molar-refractivity contribution >= 4 is 43.8 Å². The molecule has 30 heavy (non-hydrogen) atoms. The zero-order valence-corrected chi connectivity index (χ0v) is 18.8. The summed E-state index contributed by atoms with van der Waals surface area (Å²) in [6.45, 7) is 6.02. The Morgan fingerprint density at radius 1 is 0.900 bits per heavy atom. The molecule has 0 saturated carbocycles. The molecule has 1 heterocycles. The standard InChI is InChI=1S/C23H25N3O2S2/c1-17-7-8-18(2)22(15-17)24-23(29)25-11-13-26(14-12-25)30(27,28)21-10-9-19-5-3-4-6-20(19)16-21/h3-10,15-16H,11-14H2,1-2H3,(H,24,29). The summed E-state index contributed by atoms with van der Waals surface area (Å²) in [5, 5.41) is 5.91. The van der Waals surface area contributed by atoms with E-state index in [2.05, 4.69) is 23.5 Å². The summed E-state index contributed by atoms with van der Waals surface area (Å²) in [7, 11) is -3.53. The summed E-state index contributed by atoms with van der Waals surface area (Å²) < 4.78 is 27.8. The highest BCUT2D eigenvalue weighted by Gasteiger charge is 2.29. The second-order valence-electron chi connectivity index (χ2n) is 7.65. The van der Waals surface area contributed by atoms with Crippen LogP contribution in [0.4, 0.5) is 5.69 Å². The van der Waals surface area contributed by atoms with Crippen molar-refractivity contribution in [2.45, 2.75) is 18.7 Å². The lowest BCUT2D eigenvalue weighted by molar-refractivity contribution is 0.268. The molecule has 0 aromatic heterocycles. The average molecular weight is 440 g/mol. The van der Waals surface area contributed by atoms with Crippen LogP contribution in [-0.2, 0) is 10.0 Å². The van der Waals surface area contributed by atoms with Crippen molar-refractivity contribution in [3.05, 3.63) is 71.8 Å². The van der Waals surface area contributed by atoms with Crippen molar-refractivity contribution in [2.24, 2.45) is 0 Å². The zero-order valence-electron chi connectivity index (χ0n) is 17.1. The van der Waals surface area contributed by atoms with E-state index in [1.165, 1.54) is 0 Å². The molecule has 7 heteroatoms. The number of nitrogens with one attached hydrogen (secondary N) is 1. The summed E-state index contributed by atoms with van der Waals surface area (Å²) in [5.41, 5.74) is 3.28. The topological polar surface area (TPSA) is 52.6 Å². The first-order chi connectivity index (χ1) is 14.3. The molecular weight excluding hydrogens is 414 g/mol. The van der Waals surface area contributed by atoms with E-state index in [1.807, 2.05) is 49.1 Å². The summed E-state index contributed by atoms with van der Waals surface area (Å²) >= 11 is 5.58. The van der Waals surface area contributed by atoms with Crippen molar-refractivity contribution < 1.29 is 8.42 Å². The monoisotopic (exact) mass is 439 g/mol. The highest BCUT2D eigenvalue weighted by Crippen LogP contribution is 2.23. The molecule has 0 atom stereocenters. The van der Waals surface area contributed by atoms with Crippen molar-refractivity contribution in [3.8, 4) is 0 Å². The van der Waals surface area contributed by atoms with Gasteiger partial charge >= 0.3 is 0 Å². The molecule has 3 aromatic carbocycles. The number of hydrogen-bond acceptors (Lipinski definition) is 3. The number of fused-ring (bicyclic) bond motifs is 1. The Morgan fingerprint density at radius 3 is 2.33 bits per heavy atom. The van der Waals surface area contributed by atoms with Gasteiger partial charge in [-0.2, -0.15) is 4.31 Å². The Labute approximate surface area is 183 Å². The van der Waals surface area contributed by atoms with Gasteiger partial charge in [-0.3, -0.25) is 0 Å². The first-order valence-corrected chi connectivity index (χ1v) is 11.8. The van der Waals surface area contributed by atoms with E-state index in [1.54, 1.807) is 16.4 Å². The summed E-state index contributed by atoms with van der Waals surface area (Å²) in [5.74, 6) is 0. The molecule has 1 fully saturated rings. The number of hydrogen-bond donors (Lipinski definition) is 1. The predicted octanol–water partition coefficient (Wildman–Crippen LogP) is 4.16. The van der Waals surface area contributed by atoms with Crippen LogP contribution in [0.3, 0.4) is 0 Å². The van der Waals surface area contributed by atoms with E-state index in [9.17, 15) is 8.42 Å². The number of thiocarbonyl (C=S) groups is 1. The average Bonchev–Trinajstić information content (AvgIpc) is 2.76. The van der Waals surface area contributed by atoms with Gasteiger partial charge in [0.25, 0.3) is 0 Å². The highest BCUT2D eigenvalue weighted by molar-refractivity contribution is 7.89. The van der Waals surface area contributed by atoms with E-state index in [0.29, 0.717) is 36.2 Å². The lowest BCUT2D eigenvalue weighted by Gasteiger charge is -2.35. The fraction of sp³-hybridized carbons (Fsp3) is 0.261. The maximum atomic E-state index is 13.1. The minimum Gasteiger partial charge on any atom is -0.346 e. The molecule has 0 bridgehead atoms. The first-order valence-electron chi connectivity index (χ1n) is 9.97. The van der Waals surface area contributed by atoms with Gasteiger partial charge in [0.15, 0.2) is 5.11 Å². The van der Waals surface area contributed by atoms with Gasteiger partial charge in [0.05, 0.1) is 4.90 Å². The third kappa shape index (κ3) is 4.19. The third-order valence-electron chi connectivity index (χ3n) is 5.52. The van der Waals surface area contributed by atoms with Crippen LogP contribution < -0.4 is 5.32 Å². The van der Waals surface area contributed by atoms with Crippen molar-refractivity contribution in [1.82, 2.24) is 9.21 Å². The van der Waals surface area contributed by atoms with E-state index in [4.69, 9.17) is 12.2 Å². The Hall–Kier alpha value is -2.48. The van der Waals surface area contributed by atoms with Crippen molar-refractivity contribution in [1.29, 1.82) is 0 Å². The minimum absolute atomic E-state index is 0.339. The van der Waals surface area contributed by atoms with Crippen LogP contribution in [0.2, 0.25) is 0 Å². The van der Waals surface area contributed by atoms with Gasteiger partial charge in [-0.1, -0.05) is 42.5 Å². The number of aryl methyl sites for hydroxylation is 2. The maximum Gasteiger partial charge on any atom is 0.243 e. The fourth-order valence-corrected chi connectivity index (χ4v) is 5.42. The molecule has 3 aromatic rings. The quantitative estimate of drug-likeness (QED) is 0.621. The Morgan fingerprint density at radius 2 is 1.60 bits per heavy atom. The summed E-state index contributed by atoms with van der Waals surface area (Å²) in [6.07, 6.45) is 0. The van der Waals surface area contributed by atoms with E-state index in [0.717, 1.165) is 27.6 Å². The normalized spacial score (nSPS) is 15.3. The molecule has 0 spiro atoms. The molecule has 0 radical (unpaired) electrons. The zero-order chi connectivity index (χ0) is 21.3. The van der Waals surface area contributed by atoms with Crippen LogP contribution in [0.1, 0.15) is 11.1 Å². The van der Waals surface area contributed by atoms with Gasteiger partial charge in [0, 0.05) is 31.9 Å². The smallest absolute Gasteiger partial charge is 0.243 e. The highest BCUT2D eigenvalue weighted by atomic mass is 32.2. The van der Waals surface area contributed by atoms with Gasteiger partial charge < -0.3 is 10.2 Å². The van der Waals surface area contributed by atoms with Crippen LogP contribution in [0.15, 0.2) is 65.6 Å². The minimum atomic E-state index is -3.53. The van der Waals surface area contributed by atoms with Crippen LogP contribution >= 0.6 is 12.2 Å². The number of sulfonamides is 1. The number of benzene rings is 3. The van der Waals surface area contributed by atoms with Crippen LogP contribution in [0, 0.1) is 13.8 Å². The Balaban J connectivity index is 1.44. The Bertz CT molecular complexity index is 1200. The number of anilines is 1. The van der Waals surface area contributed by atoms with Crippen molar-refractivity contribution in [2.75, 3.05) is 31.5 Å². The largest absolute Gasteiger partial charge is 0.346 e. The second kappa shape index (κ2) is 8.34. The first kappa shape index (κ1) is 20.8. The summed E-state index contributed by atoms with van der Waals surface area (Å²) in [4.78, 5) is 2.37. The molecule has 1 aliphatic rings. The number of nitrogens with zero attached hydrogens (tertiary/aromatic N) is 2. The summed E-state index contributed by atoms with van der Waals surface area (Å²) in [6, 6.07) is 19.3. The van der Waals surface area contributed by atoms with E-state index >= 15 is 0 Å². The molecule has 0 unspecified atom stereocenters. The van der Waals surface area contributed by atoms with Gasteiger partial charge in [-0.05, 0) is 66.2 Å². The van der Waals surface area contributed by atoms with E-state index < -0.39 is 10.0 Å². The predicted molar refractivity (Wildman–Crippen MR) is 126 cm³/mol. The van der Waals surface area contributed by atoms with Crippen LogP contribution in [0.5, 0.6) is 0 Å². The Kier molecular flexibility index (Phi) is 5.77. The second-order valence-corrected chi connectivity index (χ2v) is 9.97. The fourth-order valence-electron chi connectivity index (χ4n) is 3.67. The molecule has 0 aliphatic carbocycles.